The summed E-state index contributed by atoms with van der Waals surface area (Å²) in [5.74, 6) is 1.64. The maximum absolute atomic E-state index is 10.2. The van der Waals surface area contributed by atoms with E-state index in [1.54, 1.807) is 7.11 Å². The Hall–Kier alpha value is -2.42. The summed E-state index contributed by atoms with van der Waals surface area (Å²) >= 11 is 0. The second kappa shape index (κ2) is 5.59. The Morgan fingerprint density at radius 2 is 2.00 bits per heavy atom. The third-order valence-electron chi connectivity index (χ3n) is 5.38. The molecule has 1 aliphatic carbocycles. The van der Waals surface area contributed by atoms with Gasteiger partial charge < -0.3 is 15.2 Å². The fraction of sp³-hybridized carbons (Fsp3) is 0.333. The summed E-state index contributed by atoms with van der Waals surface area (Å²) in [6, 6.07) is 10.4. The SMILES string of the molecule is COc1ccc(C2Nc3cc(C)cc(C)c3C3C=CCC32)cc1O. The molecule has 0 saturated carbocycles. The summed E-state index contributed by atoms with van der Waals surface area (Å²) in [7, 11) is 1.58. The van der Waals surface area contributed by atoms with Crippen molar-refractivity contribution in [3.63, 3.8) is 0 Å². The number of methoxy groups -OCH3 is 1. The van der Waals surface area contributed by atoms with E-state index in [0.29, 0.717) is 17.6 Å². The van der Waals surface area contributed by atoms with Gasteiger partial charge in [0.05, 0.1) is 13.2 Å². The second-order valence-corrected chi connectivity index (χ2v) is 6.95. The zero-order valence-electron chi connectivity index (χ0n) is 14.3. The predicted octanol–water partition coefficient (Wildman–Crippen LogP) is 4.84. The lowest BCUT2D eigenvalue weighted by atomic mass is 9.75. The van der Waals surface area contributed by atoms with Gasteiger partial charge in [-0.2, -0.15) is 0 Å². The minimum atomic E-state index is 0.190. The standard InChI is InChI=1S/C21H23NO2/c1-12-9-13(2)20-15-5-4-6-16(15)21(22-17(20)10-12)14-7-8-19(24-3)18(23)11-14/h4-5,7-11,15-16,21-23H,6H2,1-3H3. The number of phenols is 1. The van der Waals surface area contributed by atoms with E-state index < -0.39 is 0 Å². The number of ether oxygens (including phenoxy) is 1. The number of nitrogens with one attached hydrogen (secondary N) is 1. The van der Waals surface area contributed by atoms with Crippen LogP contribution in [0.2, 0.25) is 0 Å². The Morgan fingerprint density at radius 3 is 2.75 bits per heavy atom. The lowest BCUT2D eigenvalue weighted by Gasteiger charge is -2.38. The lowest BCUT2D eigenvalue weighted by molar-refractivity contribution is 0.370. The molecule has 0 radical (unpaired) electrons. The molecule has 3 nitrogen and oxygen atoms in total. The Morgan fingerprint density at radius 1 is 1.17 bits per heavy atom. The summed E-state index contributed by atoms with van der Waals surface area (Å²) in [5, 5.41) is 13.9. The van der Waals surface area contributed by atoms with Crippen molar-refractivity contribution < 1.29 is 9.84 Å². The minimum absolute atomic E-state index is 0.190. The first-order valence-electron chi connectivity index (χ1n) is 8.49. The normalized spacial score (nSPS) is 24.2. The molecule has 2 aliphatic rings. The molecular formula is C21H23NO2. The molecule has 3 unspecified atom stereocenters. The molecule has 0 saturated heterocycles. The summed E-state index contributed by atoms with van der Waals surface area (Å²) in [6.45, 7) is 4.34. The number of anilines is 1. The van der Waals surface area contributed by atoms with E-state index in [1.165, 1.54) is 22.4 Å². The van der Waals surface area contributed by atoms with E-state index in [9.17, 15) is 5.11 Å². The quantitative estimate of drug-likeness (QED) is 0.777. The Kier molecular flexibility index (Phi) is 3.52. The number of phenolic OH excluding ortho intramolecular Hbond substituents is 1. The first-order chi connectivity index (χ1) is 11.6. The maximum atomic E-state index is 10.2. The van der Waals surface area contributed by atoms with Crippen LogP contribution in [-0.2, 0) is 0 Å². The monoisotopic (exact) mass is 321 g/mol. The number of hydrogen-bond donors (Lipinski definition) is 2. The van der Waals surface area contributed by atoms with E-state index in [2.05, 4.69) is 49.5 Å². The molecule has 2 aromatic rings. The largest absolute Gasteiger partial charge is 0.504 e. The van der Waals surface area contributed by atoms with Gasteiger partial charge in [0.25, 0.3) is 0 Å². The molecule has 0 bridgehead atoms. The van der Waals surface area contributed by atoms with Gasteiger partial charge in [0, 0.05) is 11.6 Å². The van der Waals surface area contributed by atoms with Crippen molar-refractivity contribution in [2.24, 2.45) is 5.92 Å². The zero-order valence-corrected chi connectivity index (χ0v) is 14.3. The van der Waals surface area contributed by atoms with Crippen molar-refractivity contribution in [2.75, 3.05) is 12.4 Å². The molecule has 2 aromatic carbocycles. The molecule has 0 amide bonds. The van der Waals surface area contributed by atoms with E-state index >= 15 is 0 Å². The zero-order chi connectivity index (χ0) is 16.8. The van der Waals surface area contributed by atoms with Crippen LogP contribution in [0.5, 0.6) is 11.5 Å². The molecule has 3 heteroatoms. The lowest BCUT2D eigenvalue weighted by Crippen LogP contribution is -2.29. The number of aryl methyl sites for hydroxylation is 2. The highest BCUT2D eigenvalue weighted by atomic mass is 16.5. The molecule has 3 atom stereocenters. The topological polar surface area (TPSA) is 41.5 Å². The van der Waals surface area contributed by atoms with Gasteiger partial charge in [-0.05, 0) is 66.6 Å². The molecule has 4 rings (SSSR count). The van der Waals surface area contributed by atoms with Crippen LogP contribution in [0.15, 0.2) is 42.5 Å². The van der Waals surface area contributed by atoms with Crippen LogP contribution < -0.4 is 10.1 Å². The highest BCUT2D eigenvalue weighted by Crippen LogP contribution is 2.51. The average molecular weight is 321 g/mol. The van der Waals surface area contributed by atoms with E-state index in [-0.39, 0.29) is 11.8 Å². The number of aromatic hydroxyl groups is 1. The molecule has 1 heterocycles. The number of benzene rings is 2. The average Bonchev–Trinajstić information content (AvgIpc) is 3.02. The summed E-state index contributed by atoms with van der Waals surface area (Å²) < 4.78 is 5.18. The van der Waals surface area contributed by atoms with Gasteiger partial charge in [-0.25, -0.2) is 0 Å². The van der Waals surface area contributed by atoms with Gasteiger partial charge in [0.1, 0.15) is 0 Å². The fourth-order valence-electron chi connectivity index (χ4n) is 4.37. The van der Waals surface area contributed by atoms with Crippen LogP contribution >= 0.6 is 0 Å². The maximum Gasteiger partial charge on any atom is 0.160 e. The third kappa shape index (κ3) is 2.27. The molecule has 0 spiro atoms. The van der Waals surface area contributed by atoms with Crippen LogP contribution in [0, 0.1) is 19.8 Å². The van der Waals surface area contributed by atoms with Crippen molar-refractivity contribution in [3.8, 4) is 11.5 Å². The molecular weight excluding hydrogens is 298 g/mol. The summed E-state index contributed by atoms with van der Waals surface area (Å²) in [5.41, 5.74) is 6.39. The highest BCUT2D eigenvalue weighted by Gasteiger charge is 2.38. The van der Waals surface area contributed by atoms with Gasteiger partial charge in [-0.3, -0.25) is 0 Å². The van der Waals surface area contributed by atoms with Gasteiger partial charge in [0.15, 0.2) is 11.5 Å². The van der Waals surface area contributed by atoms with Gasteiger partial charge in [-0.1, -0.05) is 24.3 Å². The first-order valence-corrected chi connectivity index (χ1v) is 8.49. The minimum Gasteiger partial charge on any atom is -0.504 e. The number of allylic oxidation sites excluding steroid dienone is 2. The van der Waals surface area contributed by atoms with Crippen molar-refractivity contribution >= 4 is 5.69 Å². The first kappa shape index (κ1) is 15.1. The van der Waals surface area contributed by atoms with Crippen molar-refractivity contribution in [3.05, 3.63) is 64.7 Å². The molecule has 0 fully saturated rings. The van der Waals surface area contributed by atoms with Gasteiger partial charge in [0.2, 0.25) is 0 Å². The third-order valence-corrected chi connectivity index (χ3v) is 5.38. The summed E-state index contributed by atoms with van der Waals surface area (Å²) in [4.78, 5) is 0. The van der Waals surface area contributed by atoms with Crippen molar-refractivity contribution in [1.29, 1.82) is 0 Å². The second-order valence-electron chi connectivity index (χ2n) is 6.95. The Bertz CT molecular complexity index is 825. The van der Waals surface area contributed by atoms with E-state index in [1.807, 2.05) is 12.1 Å². The Balaban J connectivity index is 1.79. The number of hydrogen-bond acceptors (Lipinski definition) is 3. The highest BCUT2D eigenvalue weighted by molar-refractivity contribution is 5.64. The molecule has 124 valence electrons. The molecule has 0 aromatic heterocycles. The molecule has 2 N–H and O–H groups in total. The van der Waals surface area contributed by atoms with Gasteiger partial charge >= 0.3 is 0 Å². The van der Waals surface area contributed by atoms with Crippen molar-refractivity contribution in [2.45, 2.75) is 32.2 Å². The van der Waals surface area contributed by atoms with Crippen LogP contribution in [-0.4, -0.2) is 12.2 Å². The van der Waals surface area contributed by atoms with Crippen molar-refractivity contribution in [1.82, 2.24) is 0 Å². The van der Waals surface area contributed by atoms with Crippen LogP contribution in [0.3, 0.4) is 0 Å². The number of fused-ring (bicyclic) bond motifs is 3. The predicted molar refractivity (Wildman–Crippen MR) is 96.9 cm³/mol. The molecule has 1 aliphatic heterocycles. The van der Waals surface area contributed by atoms with Gasteiger partial charge in [-0.15, -0.1) is 0 Å². The van der Waals surface area contributed by atoms with Crippen LogP contribution in [0.1, 0.15) is 40.6 Å². The Labute approximate surface area is 143 Å². The van der Waals surface area contributed by atoms with Crippen LogP contribution in [0.4, 0.5) is 5.69 Å². The van der Waals surface area contributed by atoms with E-state index in [4.69, 9.17) is 4.74 Å². The number of rotatable bonds is 2. The molecule has 24 heavy (non-hydrogen) atoms. The smallest absolute Gasteiger partial charge is 0.160 e. The summed E-state index contributed by atoms with van der Waals surface area (Å²) in [6.07, 6.45) is 5.70. The van der Waals surface area contributed by atoms with E-state index in [0.717, 1.165) is 12.0 Å². The fourth-order valence-corrected chi connectivity index (χ4v) is 4.37. The van der Waals surface area contributed by atoms with Crippen LogP contribution in [0.25, 0.3) is 0 Å².